The lowest BCUT2D eigenvalue weighted by molar-refractivity contribution is 0.0939. The zero-order valence-electron chi connectivity index (χ0n) is 13.2. The van der Waals surface area contributed by atoms with Crippen LogP contribution in [0.4, 0.5) is 0 Å². The number of rotatable bonds is 4. The van der Waals surface area contributed by atoms with Crippen molar-refractivity contribution in [3.63, 3.8) is 0 Å². The zero-order chi connectivity index (χ0) is 16.7. The topological polar surface area (TPSA) is 74.7 Å². The van der Waals surface area contributed by atoms with Gasteiger partial charge >= 0.3 is 0 Å². The smallest absolute Gasteiger partial charge is 0.294 e. The van der Waals surface area contributed by atoms with Crippen molar-refractivity contribution >= 4 is 22.0 Å². The van der Waals surface area contributed by atoms with Crippen molar-refractivity contribution in [3.8, 4) is 0 Å². The Morgan fingerprint density at radius 3 is 2.36 bits per heavy atom. The fraction of sp³-hybridized carbons (Fsp3) is 0.438. The van der Waals surface area contributed by atoms with Gasteiger partial charge in [-0.25, -0.2) is 0 Å². The van der Waals surface area contributed by atoms with Crippen LogP contribution in [0, 0.1) is 5.92 Å². The maximum absolute atomic E-state index is 12.2. The van der Waals surface area contributed by atoms with E-state index in [9.17, 15) is 17.8 Å². The van der Waals surface area contributed by atoms with Gasteiger partial charge in [0.05, 0.1) is 0 Å². The summed E-state index contributed by atoms with van der Waals surface area (Å²) in [5.74, 6) is -0.389. The van der Waals surface area contributed by atoms with Gasteiger partial charge in [-0.3, -0.25) is 9.35 Å². The molecular formula is C16H21NO4S. The fourth-order valence-electron chi connectivity index (χ4n) is 2.46. The second kappa shape index (κ2) is 5.85. The number of carbonyl (C=O) groups is 1. The average molecular weight is 323 g/mol. The van der Waals surface area contributed by atoms with E-state index in [1.807, 2.05) is 24.9 Å². The molecule has 0 saturated carbocycles. The van der Waals surface area contributed by atoms with Gasteiger partial charge in [-0.15, -0.1) is 0 Å². The number of Topliss-reactive ketones (excluding diaryl/α,β-unsaturated/α-hetero) is 1. The van der Waals surface area contributed by atoms with Crippen molar-refractivity contribution < 1.29 is 17.8 Å². The Balaban J connectivity index is 2.64. The molecule has 5 nitrogen and oxygen atoms in total. The summed E-state index contributed by atoms with van der Waals surface area (Å²) in [6, 6.07) is 3.19. The zero-order valence-corrected chi connectivity index (χ0v) is 14.0. The lowest BCUT2D eigenvalue weighted by atomic mass is 9.95. The van der Waals surface area contributed by atoms with E-state index in [0.29, 0.717) is 23.2 Å². The summed E-state index contributed by atoms with van der Waals surface area (Å²) in [7, 11) is -4.39. The number of hydrogen-bond acceptors (Lipinski definition) is 4. The third kappa shape index (κ3) is 3.23. The molecule has 0 saturated heterocycles. The predicted molar refractivity (Wildman–Crippen MR) is 85.1 cm³/mol. The summed E-state index contributed by atoms with van der Waals surface area (Å²) in [6.45, 7) is 7.89. The van der Waals surface area contributed by atoms with Crippen LogP contribution >= 0.6 is 0 Å². The van der Waals surface area contributed by atoms with E-state index in [1.165, 1.54) is 6.07 Å². The van der Waals surface area contributed by atoms with Gasteiger partial charge in [-0.1, -0.05) is 13.8 Å². The van der Waals surface area contributed by atoms with E-state index >= 15 is 0 Å². The minimum absolute atomic E-state index is 0.146. The molecule has 22 heavy (non-hydrogen) atoms. The van der Waals surface area contributed by atoms with E-state index in [1.54, 1.807) is 26.0 Å². The highest BCUT2D eigenvalue weighted by atomic mass is 32.2. The summed E-state index contributed by atoms with van der Waals surface area (Å²) in [6.07, 6.45) is 3.66. The maximum Gasteiger partial charge on any atom is 0.294 e. The molecule has 1 aromatic carbocycles. The molecule has 1 aliphatic heterocycles. The molecule has 0 aromatic heterocycles. The van der Waals surface area contributed by atoms with Crippen molar-refractivity contribution in [2.75, 3.05) is 0 Å². The Kier molecular flexibility index (Phi) is 4.44. The Bertz CT molecular complexity index is 733. The third-order valence-corrected chi connectivity index (χ3v) is 4.70. The van der Waals surface area contributed by atoms with Crippen LogP contribution in [-0.4, -0.2) is 29.7 Å². The molecule has 0 unspecified atom stereocenters. The van der Waals surface area contributed by atoms with E-state index in [-0.39, 0.29) is 22.6 Å². The first-order chi connectivity index (χ1) is 10.1. The largest absolute Gasteiger partial charge is 0.371 e. The van der Waals surface area contributed by atoms with Crippen molar-refractivity contribution in [2.24, 2.45) is 5.92 Å². The van der Waals surface area contributed by atoms with Gasteiger partial charge in [0.2, 0.25) is 0 Å². The average Bonchev–Trinajstić information content (AvgIpc) is 2.43. The van der Waals surface area contributed by atoms with E-state index in [0.717, 1.165) is 0 Å². The number of fused-ring (bicyclic) bond motifs is 1. The van der Waals surface area contributed by atoms with E-state index in [4.69, 9.17) is 0 Å². The van der Waals surface area contributed by atoms with Crippen molar-refractivity contribution in [1.82, 2.24) is 4.90 Å². The molecule has 0 aliphatic carbocycles. The lowest BCUT2D eigenvalue weighted by Gasteiger charge is -2.30. The van der Waals surface area contributed by atoms with Crippen LogP contribution in [0.15, 0.2) is 23.2 Å². The first-order valence-corrected chi connectivity index (χ1v) is 8.68. The van der Waals surface area contributed by atoms with Gasteiger partial charge in [0, 0.05) is 30.3 Å². The fourth-order valence-corrected chi connectivity index (χ4v) is 3.23. The Hall–Kier alpha value is -1.66. The van der Waals surface area contributed by atoms with Gasteiger partial charge in [0.15, 0.2) is 5.78 Å². The van der Waals surface area contributed by atoms with Gasteiger partial charge in [-0.05, 0) is 43.2 Å². The summed E-state index contributed by atoms with van der Waals surface area (Å²) < 4.78 is 33.0. The van der Waals surface area contributed by atoms with Crippen LogP contribution in [-0.2, 0) is 16.7 Å². The molecule has 1 N–H and O–H groups in total. The number of benzene rings is 1. The van der Waals surface area contributed by atoms with Crippen LogP contribution in [0.2, 0.25) is 0 Å². The minimum atomic E-state index is -4.39. The third-order valence-electron chi connectivity index (χ3n) is 3.78. The Morgan fingerprint density at radius 1 is 1.23 bits per heavy atom. The highest BCUT2D eigenvalue weighted by molar-refractivity contribution is 7.85. The molecule has 0 fully saturated rings. The Labute approximate surface area is 131 Å². The van der Waals surface area contributed by atoms with Gasteiger partial charge in [-0.2, -0.15) is 8.42 Å². The second-order valence-electron chi connectivity index (χ2n) is 6.12. The molecule has 120 valence electrons. The summed E-state index contributed by atoms with van der Waals surface area (Å²) in [5.41, 5.74) is 1.50. The highest BCUT2D eigenvalue weighted by Crippen LogP contribution is 2.30. The molecule has 0 spiro atoms. The molecule has 1 heterocycles. The molecule has 0 atom stereocenters. The first-order valence-electron chi connectivity index (χ1n) is 7.24. The quantitative estimate of drug-likeness (QED) is 0.681. The number of hydrogen-bond donors (Lipinski definition) is 1. The molecule has 0 radical (unpaired) electrons. The van der Waals surface area contributed by atoms with Crippen molar-refractivity contribution in [1.29, 1.82) is 0 Å². The van der Waals surface area contributed by atoms with Crippen LogP contribution < -0.4 is 0 Å². The van der Waals surface area contributed by atoms with Crippen LogP contribution in [0.1, 0.15) is 49.2 Å². The normalized spacial score (nSPS) is 14.6. The van der Waals surface area contributed by atoms with Crippen molar-refractivity contribution in [3.05, 3.63) is 35.0 Å². The molecule has 0 bridgehead atoms. The summed E-state index contributed by atoms with van der Waals surface area (Å²) >= 11 is 0. The van der Waals surface area contributed by atoms with Crippen LogP contribution in [0.25, 0.3) is 6.08 Å². The first kappa shape index (κ1) is 16.7. The Morgan fingerprint density at radius 2 is 1.86 bits per heavy atom. The van der Waals surface area contributed by atoms with Gasteiger partial charge in [0.25, 0.3) is 10.1 Å². The van der Waals surface area contributed by atoms with Gasteiger partial charge < -0.3 is 4.90 Å². The molecular weight excluding hydrogens is 302 g/mol. The van der Waals surface area contributed by atoms with E-state index in [2.05, 4.69) is 0 Å². The SMILES string of the molecule is CC(C)C(=O)c1cc2c(c(S(=O)(=O)O)c1)CN(C(C)C)C=C2. The summed E-state index contributed by atoms with van der Waals surface area (Å²) in [4.78, 5) is 14.0. The maximum atomic E-state index is 12.2. The molecule has 0 amide bonds. The standard InChI is InChI=1S/C16H21NO4S/c1-10(2)16(18)13-7-12-5-6-17(11(3)4)9-14(12)15(8-13)22(19,20)21/h5-8,10-11H,9H2,1-4H3,(H,19,20,21). The molecule has 1 aromatic rings. The van der Waals surface area contributed by atoms with Crippen molar-refractivity contribution in [2.45, 2.75) is 45.2 Å². The highest BCUT2D eigenvalue weighted by Gasteiger charge is 2.25. The molecule has 6 heteroatoms. The number of nitrogens with zero attached hydrogens (tertiary/aromatic N) is 1. The second-order valence-corrected chi connectivity index (χ2v) is 7.51. The predicted octanol–water partition coefficient (Wildman–Crippen LogP) is 2.97. The molecule has 2 rings (SSSR count). The minimum Gasteiger partial charge on any atom is -0.371 e. The number of carbonyl (C=O) groups excluding carboxylic acids is 1. The van der Waals surface area contributed by atoms with Crippen LogP contribution in [0.3, 0.4) is 0 Å². The monoisotopic (exact) mass is 323 g/mol. The summed E-state index contributed by atoms with van der Waals surface area (Å²) in [5, 5.41) is 0. The lowest BCUT2D eigenvalue weighted by Crippen LogP contribution is -2.28. The van der Waals surface area contributed by atoms with Gasteiger partial charge in [0.1, 0.15) is 4.90 Å². The molecule has 1 aliphatic rings. The van der Waals surface area contributed by atoms with E-state index < -0.39 is 10.1 Å². The van der Waals surface area contributed by atoms with Crippen LogP contribution in [0.5, 0.6) is 0 Å². The number of ketones is 1.